The fourth-order valence-corrected chi connectivity index (χ4v) is 4.90. The highest BCUT2D eigenvalue weighted by Crippen LogP contribution is 2.22. The molecule has 182 valence electrons. The van der Waals surface area contributed by atoms with Crippen LogP contribution in [0.2, 0.25) is 5.02 Å². The molecule has 0 aliphatic carbocycles. The van der Waals surface area contributed by atoms with Crippen LogP contribution in [0.25, 0.3) is 0 Å². The summed E-state index contributed by atoms with van der Waals surface area (Å²) in [4.78, 5) is 12.0. The largest absolute Gasteiger partial charge is 0.387 e. The Bertz CT molecular complexity index is 1200. The molecule has 0 saturated heterocycles. The number of sulfone groups is 1. The molecule has 0 aliphatic heterocycles. The first-order valence-electron chi connectivity index (χ1n) is 10.5. The zero-order valence-corrected chi connectivity index (χ0v) is 21.3. The molecule has 3 aromatic rings. The van der Waals surface area contributed by atoms with Crippen molar-refractivity contribution in [3.8, 4) is 0 Å². The molecule has 6 nitrogen and oxygen atoms in total. The highest BCUT2D eigenvalue weighted by molar-refractivity contribution is 7.91. The first kappa shape index (κ1) is 27.8. The molecule has 0 fully saturated rings. The molecule has 3 N–H and O–H groups in total. The molecule has 0 aliphatic rings. The molecule has 0 saturated carbocycles. The SMILES string of the molecule is CNC(=O)c1ccc(S(=O)(=O)c2ccc(C[C@@H](C)NC[C@H](O)c3cccc(Cl)c3)cc2)cc1.Cl. The Hall–Kier alpha value is -2.42. The lowest BCUT2D eigenvalue weighted by molar-refractivity contribution is 0.0963. The van der Waals surface area contributed by atoms with Crippen molar-refractivity contribution in [2.45, 2.75) is 35.3 Å². The number of amides is 1. The van der Waals surface area contributed by atoms with Gasteiger partial charge in [-0.1, -0.05) is 35.9 Å². The van der Waals surface area contributed by atoms with E-state index in [1.807, 2.05) is 13.0 Å². The highest BCUT2D eigenvalue weighted by atomic mass is 35.5. The van der Waals surface area contributed by atoms with Crippen LogP contribution in [0.1, 0.15) is 34.5 Å². The predicted octanol–water partition coefficient (Wildman–Crippen LogP) is 4.21. The number of rotatable bonds is 9. The summed E-state index contributed by atoms with van der Waals surface area (Å²) in [6, 6.07) is 19.8. The number of aliphatic hydroxyl groups excluding tert-OH is 1. The lowest BCUT2D eigenvalue weighted by atomic mass is 10.1. The number of nitrogens with one attached hydrogen (secondary N) is 2. The van der Waals surface area contributed by atoms with Crippen LogP contribution in [-0.4, -0.2) is 39.1 Å². The lowest BCUT2D eigenvalue weighted by Gasteiger charge is -2.18. The molecule has 0 bridgehead atoms. The number of halogens is 2. The second kappa shape index (κ2) is 12.3. The average molecular weight is 523 g/mol. The van der Waals surface area contributed by atoms with E-state index in [2.05, 4.69) is 10.6 Å². The smallest absolute Gasteiger partial charge is 0.251 e. The van der Waals surface area contributed by atoms with Gasteiger partial charge in [-0.3, -0.25) is 4.79 Å². The summed E-state index contributed by atoms with van der Waals surface area (Å²) in [6.07, 6.45) is -0.00266. The molecule has 34 heavy (non-hydrogen) atoms. The van der Waals surface area contributed by atoms with Gasteiger partial charge < -0.3 is 15.7 Å². The zero-order valence-electron chi connectivity index (χ0n) is 18.9. The molecule has 3 aromatic carbocycles. The van der Waals surface area contributed by atoms with Gasteiger partial charge >= 0.3 is 0 Å². The van der Waals surface area contributed by atoms with Gasteiger partial charge in [-0.25, -0.2) is 8.42 Å². The van der Waals surface area contributed by atoms with Crippen LogP contribution in [0, 0.1) is 0 Å². The van der Waals surface area contributed by atoms with Gasteiger partial charge in [-0.15, -0.1) is 12.4 Å². The number of aliphatic hydroxyl groups is 1. The third-order valence-corrected chi connectivity index (χ3v) is 7.34. The van der Waals surface area contributed by atoms with E-state index in [0.717, 1.165) is 11.1 Å². The van der Waals surface area contributed by atoms with Gasteiger partial charge in [0.1, 0.15) is 0 Å². The predicted molar refractivity (Wildman–Crippen MR) is 137 cm³/mol. The van der Waals surface area contributed by atoms with E-state index in [0.29, 0.717) is 23.6 Å². The standard InChI is InChI=1S/C25H27ClN2O4S.ClH/c1-17(28-16-24(29)20-4-3-5-21(26)15-20)14-18-6-10-22(11-7-18)33(31,32)23-12-8-19(9-13-23)25(30)27-2;/h3-13,15,17,24,28-29H,14,16H2,1-2H3,(H,27,30);1H/t17-,24+;/m1./s1. The molecule has 3 rings (SSSR count). The van der Waals surface area contributed by atoms with E-state index in [1.54, 1.807) is 42.5 Å². The number of hydrogen-bond acceptors (Lipinski definition) is 5. The van der Waals surface area contributed by atoms with Crippen LogP contribution in [0.15, 0.2) is 82.6 Å². The van der Waals surface area contributed by atoms with Gasteiger partial charge in [0.2, 0.25) is 9.84 Å². The van der Waals surface area contributed by atoms with Crippen molar-refractivity contribution in [1.29, 1.82) is 0 Å². The maximum atomic E-state index is 12.9. The van der Waals surface area contributed by atoms with Crippen LogP contribution in [-0.2, 0) is 16.3 Å². The number of benzene rings is 3. The first-order chi connectivity index (χ1) is 15.7. The summed E-state index contributed by atoms with van der Waals surface area (Å²) < 4.78 is 25.8. The minimum atomic E-state index is -3.68. The van der Waals surface area contributed by atoms with E-state index >= 15 is 0 Å². The second-order valence-electron chi connectivity index (χ2n) is 7.84. The first-order valence-corrected chi connectivity index (χ1v) is 12.4. The number of carbonyl (C=O) groups is 1. The molecule has 1 amide bonds. The van der Waals surface area contributed by atoms with Crippen molar-refractivity contribution in [2.24, 2.45) is 0 Å². The normalized spacial score (nSPS) is 12.9. The van der Waals surface area contributed by atoms with Crippen LogP contribution in [0.5, 0.6) is 0 Å². The summed E-state index contributed by atoms with van der Waals surface area (Å²) in [7, 11) is -2.16. The van der Waals surface area contributed by atoms with Gasteiger partial charge in [0, 0.05) is 30.2 Å². The maximum absolute atomic E-state index is 12.9. The Kier molecular flexibility index (Phi) is 10.1. The molecule has 0 aromatic heterocycles. The van der Waals surface area contributed by atoms with Crippen LogP contribution in [0.4, 0.5) is 0 Å². The van der Waals surface area contributed by atoms with E-state index in [4.69, 9.17) is 11.6 Å². The van der Waals surface area contributed by atoms with E-state index in [9.17, 15) is 18.3 Å². The van der Waals surface area contributed by atoms with Crippen LogP contribution >= 0.6 is 24.0 Å². The monoisotopic (exact) mass is 522 g/mol. The zero-order chi connectivity index (χ0) is 24.0. The highest BCUT2D eigenvalue weighted by Gasteiger charge is 2.18. The van der Waals surface area contributed by atoms with Gasteiger partial charge in [0.25, 0.3) is 5.91 Å². The maximum Gasteiger partial charge on any atom is 0.251 e. The van der Waals surface area contributed by atoms with Crippen molar-refractivity contribution in [1.82, 2.24) is 10.6 Å². The lowest BCUT2D eigenvalue weighted by Crippen LogP contribution is -2.32. The number of carbonyl (C=O) groups excluding carboxylic acids is 1. The van der Waals surface area contributed by atoms with Crippen molar-refractivity contribution in [3.05, 3.63) is 94.5 Å². The van der Waals surface area contributed by atoms with E-state index < -0.39 is 15.9 Å². The summed E-state index contributed by atoms with van der Waals surface area (Å²) >= 11 is 5.98. The van der Waals surface area contributed by atoms with Crippen molar-refractivity contribution in [2.75, 3.05) is 13.6 Å². The fraction of sp³-hybridized carbons (Fsp3) is 0.240. The average Bonchev–Trinajstić information content (AvgIpc) is 2.82. The second-order valence-corrected chi connectivity index (χ2v) is 10.2. The summed E-state index contributed by atoms with van der Waals surface area (Å²) in [5, 5.41) is 16.7. The quantitative estimate of drug-likeness (QED) is 0.391. The van der Waals surface area contributed by atoms with Crippen molar-refractivity contribution < 1.29 is 18.3 Å². The molecule has 0 heterocycles. The summed E-state index contributed by atoms with van der Waals surface area (Å²) in [5.41, 5.74) is 2.12. The van der Waals surface area contributed by atoms with Gasteiger partial charge in [-0.2, -0.15) is 0 Å². The molecule has 0 unspecified atom stereocenters. The Morgan fingerprint density at radius 2 is 1.59 bits per heavy atom. The Morgan fingerprint density at radius 1 is 1.00 bits per heavy atom. The topological polar surface area (TPSA) is 95.5 Å². The van der Waals surface area contributed by atoms with E-state index in [-0.39, 0.29) is 34.1 Å². The molecular formula is C25H28Cl2N2O4S. The Balaban J connectivity index is 0.00000408. The number of hydrogen-bond donors (Lipinski definition) is 3. The van der Waals surface area contributed by atoms with Crippen LogP contribution in [0.3, 0.4) is 0 Å². The third kappa shape index (κ3) is 7.04. The minimum absolute atomic E-state index is 0. The van der Waals surface area contributed by atoms with Gasteiger partial charge in [0.05, 0.1) is 15.9 Å². The molecule has 9 heteroatoms. The van der Waals surface area contributed by atoms with Gasteiger partial charge in [0.15, 0.2) is 0 Å². The van der Waals surface area contributed by atoms with Crippen molar-refractivity contribution in [3.63, 3.8) is 0 Å². The molecule has 0 radical (unpaired) electrons. The summed E-state index contributed by atoms with van der Waals surface area (Å²) in [6.45, 7) is 2.38. The molecule has 2 atom stereocenters. The fourth-order valence-electron chi connectivity index (χ4n) is 3.44. The third-order valence-electron chi connectivity index (χ3n) is 5.32. The molecule has 0 spiro atoms. The van der Waals surface area contributed by atoms with Gasteiger partial charge in [-0.05, 0) is 73.0 Å². The van der Waals surface area contributed by atoms with Crippen LogP contribution < -0.4 is 10.6 Å². The Morgan fingerprint density at radius 3 is 2.15 bits per heavy atom. The molecular weight excluding hydrogens is 495 g/mol. The summed E-state index contributed by atoms with van der Waals surface area (Å²) in [5.74, 6) is -0.272. The Labute approximate surface area is 211 Å². The minimum Gasteiger partial charge on any atom is -0.387 e. The van der Waals surface area contributed by atoms with Crippen molar-refractivity contribution >= 4 is 39.8 Å². The van der Waals surface area contributed by atoms with E-state index in [1.165, 1.54) is 31.3 Å².